The van der Waals surface area contributed by atoms with Crippen molar-refractivity contribution < 1.29 is 9.59 Å². The summed E-state index contributed by atoms with van der Waals surface area (Å²) in [6, 6.07) is 3.94. The van der Waals surface area contributed by atoms with Gasteiger partial charge in [-0.05, 0) is 38.3 Å². The fourth-order valence-corrected chi connectivity index (χ4v) is 3.57. The van der Waals surface area contributed by atoms with Gasteiger partial charge in [-0.25, -0.2) is 4.79 Å². The lowest BCUT2D eigenvalue weighted by Crippen LogP contribution is -2.42. The zero-order chi connectivity index (χ0) is 24.0. The Morgan fingerprint density at radius 2 is 1.75 bits per heavy atom. The number of hydrogen-bond acceptors (Lipinski definition) is 6. The molecule has 10 heteroatoms. The molecule has 0 fully saturated rings. The summed E-state index contributed by atoms with van der Waals surface area (Å²) in [6.45, 7) is 7.70. The van der Waals surface area contributed by atoms with Crippen molar-refractivity contribution in [3.05, 3.63) is 49.7 Å². The van der Waals surface area contributed by atoms with Crippen LogP contribution in [0.1, 0.15) is 36.5 Å². The van der Waals surface area contributed by atoms with Crippen LogP contribution >= 0.6 is 0 Å². The van der Waals surface area contributed by atoms with E-state index in [1.807, 2.05) is 39.8 Å². The summed E-state index contributed by atoms with van der Waals surface area (Å²) in [4.78, 5) is 52.6. The molecule has 2 rings (SSSR count). The first-order valence-corrected chi connectivity index (χ1v) is 10.5. The van der Waals surface area contributed by atoms with Gasteiger partial charge in [-0.15, -0.1) is 0 Å². The Hall–Kier alpha value is -3.56. The van der Waals surface area contributed by atoms with Gasteiger partial charge in [-0.3, -0.25) is 23.9 Å². The molecule has 1 heterocycles. The number of carbonyl (C=O) groups excluding carboxylic acids is 2. The van der Waals surface area contributed by atoms with Crippen LogP contribution < -0.4 is 32.5 Å². The van der Waals surface area contributed by atoms with Crippen LogP contribution in [0.3, 0.4) is 0 Å². The number of nitrogens with one attached hydrogen (secondary N) is 3. The number of anilines is 3. The van der Waals surface area contributed by atoms with E-state index in [0.717, 1.165) is 35.2 Å². The van der Waals surface area contributed by atoms with Crippen molar-refractivity contribution in [1.29, 1.82) is 0 Å². The molecule has 174 valence electrons. The molecule has 1 aromatic carbocycles. The second-order valence-corrected chi connectivity index (χ2v) is 7.95. The summed E-state index contributed by atoms with van der Waals surface area (Å²) < 4.78 is 1.29. The minimum Gasteiger partial charge on any atom is -0.383 e. The molecule has 0 bridgehead atoms. The van der Waals surface area contributed by atoms with Gasteiger partial charge in [0, 0.05) is 19.3 Å². The number of nitrogen functional groups attached to an aromatic ring is 1. The highest BCUT2D eigenvalue weighted by molar-refractivity contribution is 5.96. The van der Waals surface area contributed by atoms with Crippen LogP contribution in [-0.2, 0) is 16.1 Å². The van der Waals surface area contributed by atoms with Crippen LogP contribution in [0.2, 0.25) is 0 Å². The molecule has 0 spiro atoms. The molecule has 5 N–H and O–H groups in total. The molecule has 10 nitrogen and oxygen atoms in total. The maximum atomic E-state index is 12.4. The van der Waals surface area contributed by atoms with Crippen molar-refractivity contribution in [2.75, 3.05) is 36.1 Å². The quantitative estimate of drug-likeness (QED) is 0.455. The first kappa shape index (κ1) is 24.7. The number of likely N-dealkylation sites (N-methyl/N-ethyl adjacent to an activating group) is 1. The zero-order valence-corrected chi connectivity index (χ0v) is 19.3. The van der Waals surface area contributed by atoms with Crippen molar-refractivity contribution >= 4 is 29.0 Å². The van der Waals surface area contributed by atoms with E-state index in [9.17, 15) is 19.2 Å². The maximum Gasteiger partial charge on any atom is 0.330 e. The van der Waals surface area contributed by atoms with E-state index in [2.05, 4.69) is 15.6 Å². The SMILES string of the molecule is CCCCn1c(N)c(N(C)CC(=O)NCC(=O)Nc2c(C)cc(C)cc2C)c(=O)[nH]c1=O. The van der Waals surface area contributed by atoms with Crippen LogP contribution in [-0.4, -0.2) is 41.5 Å². The van der Waals surface area contributed by atoms with Gasteiger partial charge in [0.15, 0.2) is 0 Å². The molecular weight excluding hydrogens is 412 g/mol. The molecule has 32 heavy (non-hydrogen) atoms. The number of unbranched alkanes of at least 4 members (excludes halogenated alkanes) is 1. The number of aromatic nitrogens is 2. The van der Waals surface area contributed by atoms with E-state index < -0.39 is 17.2 Å². The van der Waals surface area contributed by atoms with Crippen molar-refractivity contribution in [1.82, 2.24) is 14.9 Å². The Kier molecular flexibility index (Phi) is 8.22. The number of amides is 2. The topological polar surface area (TPSA) is 142 Å². The molecule has 0 atom stereocenters. The Balaban J connectivity index is 2.02. The van der Waals surface area contributed by atoms with E-state index in [0.29, 0.717) is 6.54 Å². The lowest BCUT2D eigenvalue weighted by molar-refractivity contribution is -0.123. The first-order valence-electron chi connectivity index (χ1n) is 10.5. The molecule has 0 aliphatic rings. The van der Waals surface area contributed by atoms with Crippen LogP contribution in [0.15, 0.2) is 21.7 Å². The molecular formula is C22H32N6O4. The van der Waals surface area contributed by atoms with Crippen molar-refractivity contribution in [3.63, 3.8) is 0 Å². The number of nitrogens with zero attached hydrogens (tertiary/aromatic N) is 2. The fraction of sp³-hybridized carbons (Fsp3) is 0.455. The van der Waals surface area contributed by atoms with Crippen LogP contribution in [0, 0.1) is 20.8 Å². The number of benzene rings is 1. The summed E-state index contributed by atoms with van der Waals surface area (Å²) in [7, 11) is 1.52. The highest BCUT2D eigenvalue weighted by Crippen LogP contribution is 2.21. The second-order valence-electron chi connectivity index (χ2n) is 7.95. The Morgan fingerprint density at radius 3 is 2.34 bits per heavy atom. The van der Waals surface area contributed by atoms with Gasteiger partial charge in [-0.2, -0.15) is 0 Å². The molecule has 1 aromatic heterocycles. The van der Waals surface area contributed by atoms with Crippen LogP contribution in [0.4, 0.5) is 17.2 Å². The molecule has 0 saturated heterocycles. The van der Waals surface area contributed by atoms with E-state index in [1.54, 1.807) is 0 Å². The van der Waals surface area contributed by atoms with Crippen molar-refractivity contribution in [2.45, 2.75) is 47.1 Å². The largest absolute Gasteiger partial charge is 0.383 e. The highest BCUT2D eigenvalue weighted by Gasteiger charge is 2.18. The third kappa shape index (κ3) is 5.99. The number of aryl methyl sites for hydroxylation is 3. The first-order chi connectivity index (χ1) is 15.0. The van der Waals surface area contributed by atoms with Gasteiger partial charge in [0.05, 0.1) is 13.1 Å². The second kappa shape index (κ2) is 10.7. The molecule has 0 aliphatic carbocycles. The number of rotatable bonds is 9. The van der Waals surface area contributed by atoms with Crippen molar-refractivity contribution in [3.8, 4) is 0 Å². The predicted molar refractivity (Wildman–Crippen MR) is 126 cm³/mol. The number of carbonyl (C=O) groups is 2. The highest BCUT2D eigenvalue weighted by atomic mass is 16.2. The normalized spacial score (nSPS) is 10.7. The predicted octanol–water partition coefficient (Wildman–Crippen LogP) is 1.04. The Labute approximate surface area is 186 Å². The standard InChI is InChI=1S/C22H32N6O4/c1-6-7-8-28-20(23)19(21(31)26-22(28)32)27(5)12-17(30)24-11-16(29)25-18-14(3)9-13(2)10-15(18)4/h9-10H,6-8,11-12,23H2,1-5H3,(H,24,30)(H,25,29)(H,26,31,32). The lowest BCUT2D eigenvalue weighted by Gasteiger charge is -2.21. The third-order valence-corrected chi connectivity index (χ3v) is 5.10. The summed E-state index contributed by atoms with van der Waals surface area (Å²) in [6.07, 6.45) is 1.57. The zero-order valence-electron chi connectivity index (χ0n) is 19.3. The molecule has 0 saturated carbocycles. The molecule has 2 amide bonds. The monoisotopic (exact) mass is 444 g/mol. The summed E-state index contributed by atoms with van der Waals surface area (Å²) in [5.41, 5.74) is 8.54. The van der Waals surface area contributed by atoms with Gasteiger partial charge in [0.1, 0.15) is 11.5 Å². The Bertz CT molecular complexity index is 1100. The van der Waals surface area contributed by atoms with Gasteiger partial charge in [0.25, 0.3) is 5.56 Å². The van der Waals surface area contributed by atoms with Crippen LogP contribution in [0.5, 0.6) is 0 Å². The minimum absolute atomic E-state index is 0.00515. The number of hydrogen-bond donors (Lipinski definition) is 4. The average Bonchev–Trinajstić information content (AvgIpc) is 2.68. The average molecular weight is 445 g/mol. The Morgan fingerprint density at radius 1 is 1.12 bits per heavy atom. The number of aromatic amines is 1. The van der Waals surface area contributed by atoms with E-state index in [1.165, 1.54) is 16.5 Å². The maximum absolute atomic E-state index is 12.4. The van der Waals surface area contributed by atoms with Gasteiger partial charge >= 0.3 is 5.69 Å². The molecule has 0 radical (unpaired) electrons. The lowest BCUT2D eigenvalue weighted by atomic mass is 10.1. The molecule has 2 aromatic rings. The third-order valence-electron chi connectivity index (χ3n) is 5.10. The summed E-state index contributed by atoms with van der Waals surface area (Å²) >= 11 is 0. The van der Waals surface area contributed by atoms with Gasteiger partial charge in [0.2, 0.25) is 11.8 Å². The van der Waals surface area contributed by atoms with E-state index in [4.69, 9.17) is 5.73 Å². The number of nitrogens with two attached hydrogens (primary N) is 1. The van der Waals surface area contributed by atoms with Crippen molar-refractivity contribution in [2.24, 2.45) is 0 Å². The molecule has 0 aliphatic heterocycles. The van der Waals surface area contributed by atoms with E-state index >= 15 is 0 Å². The van der Waals surface area contributed by atoms with E-state index in [-0.39, 0.29) is 30.5 Å². The van der Waals surface area contributed by atoms with Gasteiger partial charge in [-0.1, -0.05) is 31.0 Å². The fourth-order valence-electron chi connectivity index (χ4n) is 3.57. The number of H-pyrrole nitrogens is 1. The van der Waals surface area contributed by atoms with Crippen LogP contribution in [0.25, 0.3) is 0 Å². The summed E-state index contributed by atoms with van der Waals surface area (Å²) in [5.74, 6) is -0.822. The van der Waals surface area contributed by atoms with Gasteiger partial charge < -0.3 is 21.3 Å². The smallest absolute Gasteiger partial charge is 0.330 e. The minimum atomic E-state index is -0.668. The summed E-state index contributed by atoms with van der Waals surface area (Å²) in [5, 5.41) is 5.36. The molecule has 0 unspecified atom stereocenters.